The third-order valence-corrected chi connectivity index (χ3v) is 5.55. The Balaban J connectivity index is 1.63. The highest BCUT2D eigenvalue weighted by Gasteiger charge is 2.35. The predicted octanol–water partition coefficient (Wildman–Crippen LogP) is 3.03. The molecule has 0 radical (unpaired) electrons. The van der Waals surface area contributed by atoms with Crippen LogP contribution >= 0.6 is 0 Å². The number of aliphatic hydroxyl groups excluding tert-OH is 1. The van der Waals surface area contributed by atoms with E-state index in [9.17, 15) is 10.2 Å². The minimum atomic E-state index is -0.782. The van der Waals surface area contributed by atoms with Crippen molar-refractivity contribution >= 4 is 0 Å². The molecule has 0 unspecified atom stereocenters. The van der Waals surface area contributed by atoms with Crippen molar-refractivity contribution in [2.45, 2.75) is 31.5 Å². The Hall–Kier alpha value is -2.08. The van der Waals surface area contributed by atoms with Crippen LogP contribution in [0.4, 0.5) is 0 Å². The smallest absolute Gasteiger partial charge is 0.161 e. The van der Waals surface area contributed by atoms with E-state index in [4.69, 9.17) is 9.47 Å². The van der Waals surface area contributed by atoms with Crippen molar-refractivity contribution in [1.82, 2.24) is 4.90 Å². The highest BCUT2D eigenvalue weighted by Crippen LogP contribution is 2.35. The molecule has 1 heterocycles. The van der Waals surface area contributed by atoms with Crippen LogP contribution in [-0.4, -0.2) is 49.0 Å². The molecule has 3 rings (SSSR count). The number of aliphatic hydroxyl groups is 2. The number of nitrogens with zero attached hydrogens (tertiary/aromatic N) is 1. The van der Waals surface area contributed by atoms with Crippen LogP contribution in [0.15, 0.2) is 42.5 Å². The molecule has 27 heavy (non-hydrogen) atoms. The zero-order valence-corrected chi connectivity index (χ0v) is 16.3. The quantitative estimate of drug-likeness (QED) is 0.817. The van der Waals surface area contributed by atoms with Crippen LogP contribution in [-0.2, 0) is 5.60 Å². The van der Waals surface area contributed by atoms with Gasteiger partial charge in [0.1, 0.15) is 0 Å². The molecule has 0 saturated carbocycles. The van der Waals surface area contributed by atoms with Crippen LogP contribution in [0.5, 0.6) is 11.5 Å². The molecule has 5 nitrogen and oxygen atoms in total. The van der Waals surface area contributed by atoms with Crippen molar-refractivity contribution in [3.63, 3.8) is 0 Å². The molecule has 1 saturated heterocycles. The number of β-amino-alcohol motifs (C(OH)–C–C–N with tert-alkyl or cyclic N) is 1. The fourth-order valence-corrected chi connectivity index (χ4v) is 3.88. The lowest BCUT2D eigenvalue weighted by atomic mass is 9.82. The first-order valence-corrected chi connectivity index (χ1v) is 9.37. The van der Waals surface area contributed by atoms with Crippen LogP contribution in [0.1, 0.15) is 35.6 Å². The summed E-state index contributed by atoms with van der Waals surface area (Å²) >= 11 is 0. The molecule has 146 valence electrons. The lowest BCUT2D eigenvalue weighted by molar-refractivity contribution is -0.0349. The van der Waals surface area contributed by atoms with Crippen LogP contribution in [0.25, 0.3) is 0 Å². The van der Waals surface area contributed by atoms with Gasteiger partial charge in [-0.15, -0.1) is 0 Å². The van der Waals surface area contributed by atoms with E-state index in [-0.39, 0.29) is 0 Å². The lowest BCUT2D eigenvalue weighted by Crippen LogP contribution is -2.44. The zero-order valence-electron chi connectivity index (χ0n) is 16.3. The summed E-state index contributed by atoms with van der Waals surface area (Å²) < 4.78 is 10.6. The maximum Gasteiger partial charge on any atom is 0.161 e. The summed E-state index contributed by atoms with van der Waals surface area (Å²) in [6.45, 7) is 4.06. The topological polar surface area (TPSA) is 62.2 Å². The molecule has 1 atom stereocenters. The maximum atomic E-state index is 11.1. The molecule has 1 fully saturated rings. The van der Waals surface area contributed by atoms with Crippen molar-refractivity contribution < 1.29 is 19.7 Å². The van der Waals surface area contributed by atoms with E-state index >= 15 is 0 Å². The summed E-state index contributed by atoms with van der Waals surface area (Å²) in [5, 5.41) is 21.7. The maximum absolute atomic E-state index is 11.1. The Kier molecular flexibility index (Phi) is 6.05. The van der Waals surface area contributed by atoms with Crippen LogP contribution in [0.2, 0.25) is 0 Å². The van der Waals surface area contributed by atoms with Crippen LogP contribution in [0, 0.1) is 6.92 Å². The molecule has 2 N–H and O–H groups in total. The standard InChI is InChI=1S/C22H29NO4/c1-16-6-4-5-7-18(16)22(25)10-12-23(13-11-22)15-19(24)17-8-9-20(26-2)21(14-17)27-3/h4-9,14,19,24-25H,10-13,15H2,1-3H3/t19-/m0/s1. The van der Waals surface area contributed by atoms with E-state index in [1.54, 1.807) is 14.2 Å². The zero-order chi connectivity index (χ0) is 19.4. The van der Waals surface area contributed by atoms with Gasteiger partial charge in [-0.3, -0.25) is 0 Å². The van der Waals surface area contributed by atoms with Gasteiger partial charge >= 0.3 is 0 Å². The second kappa shape index (κ2) is 8.30. The normalized spacial score (nSPS) is 18.1. The summed E-state index contributed by atoms with van der Waals surface area (Å²) in [7, 11) is 3.18. The average molecular weight is 371 g/mol. The van der Waals surface area contributed by atoms with E-state index in [0.29, 0.717) is 30.9 Å². The van der Waals surface area contributed by atoms with E-state index in [2.05, 4.69) is 4.90 Å². The number of ether oxygens (including phenoxy) is 2. The van der Waals surface area contributed by atoms with E-state index in [1.807, 2.05) is 49.4 Å². The number of likely N-dealkylation sites (tertiary alicyclic amines) is 1. The highest BCUT2D eigenvalue weighted by atomic mass is 16.5. The van der Waals surface area contributed by atoms with Gasteiger partial charge in [-0.25, -0.2) is 0 Å². The largest absolute Gasteiger partial charge is 0.493 e. The first kappa shape index (κ1) is 19.7. The van der Waals surface area contributed by atoms with Gasteiger partial charge in [-0.1, -0.05) is 30.3 Å². The summed E-state index contributed by atoms with van der Waals surface area (Å²) in [5.74, 6) is 1.26. The number of methoxy groups -OCH3 is 2. The Labute approximate surface area is 161 Å². The number of benzene rings is 2. The number of rotatable bonds is 6. The first-order valence-electron chi connectivity index (χ1n) is 9.37. The predicted molar refractivity (Wildman–Crippen MR) is 105 cm³/mol. The van der Waals surface area contributed by atoms with Gasteiger partial charge in [0.05, 0.1) is 25.9 Å². The van der Waals surface area contributed by atoms with Crippen molar-refractivity contribution in [1.29, 1.82) is 0 Å². The number of aryl methyl sites for hydroxylation is 1. The first-order chi connectivity index (χ1) is 13.0. The Morgan fingerprint density at radius 1 is 1.04 bits per heavy atom. The minimum absolute atomic E-state index is 0.527. The second-order valence-corrected chi connectivity index (χ2v) is 7.28. The molecular formula is C22H29NO4. The van der Waals surface area contributed by atoms with Gasteiger partial charge in [0, 0.05) is 19.6 Å². The number of hydrogen-bond donors (Lipinski definition) is 2. The summed E-state index contributed by atoms with van der Waals surface area (Å²) in [5.41, 5.74) is 2.16. The molecule has 0 aromatic heterocycles. The molecule has 0 bridgehead atoms. The van der Waals surface area contributed by atoms with E-state index in [1.165, 1.54) is 0 Å². The molecule has 1 aliphatic rings. The van der Waals surface area contributed by atoms with Gasteiger partial charge in [0.15, 0.2) is 11.5 Å². The van der Waals surface area contributed by atoms with Crippen molar-refractivity contribution in [3.8, 4) is 11.5 Å². The average Bonchev–Trinajstić information content (AvgIpc) is 2.69. The molecule has 2 aromatic carbocycles. The van der Waals surface area contributed by atoms with Gasteiger partial charge in [0.2, 0.25) is 0 Å². The molecule has 0 spiro atoms. The minimum Gasteiger partial charge on any atom is -0.493 e. The molecule has 2 aromatic rings. The number of hydrogen-bond acceptors (Lipinski definition) is 5. The summed E-state index contributed by atoms with van der Waals surface area (Å²) in [6.07, 6.45) is 0.710. The fraction of sp³-hybridized carbons (Fsp3) is 0.455. The number of piperidine rings is 1. The molecule has 1 aliphatic heterocycles. The molecular weight excluding hydrogens is 342 g/mol. The Morgan fingerprint density at radius 3 is 2.33 bits per heavy atom. The SMILES string of the molecule is COc1ccc([C@@H](O)CN2CCC(O)(c3ccccc3C)CC2)cc1OC. The van der Waals surface area contributed by atoms with E-state index < -0.39 is 11.7 Å². The highest BCUT2D eigenvalue weighted by molar-refractivity contribution is 5.43. The van der Waals surface area contributed by atoms with Gasteiger partial charge in [0.25, 0.3) is 0 Å². The van der Waals surface area contributed by atoms with Crippen molar-refractivity contribution in [2.75, 3.05) is 33.9 Å². The molecule has 0 amide bonds. The summed E-state index contributed by atoms with van der Waals surface area (Å²) in [6, 6.07) is 13.5. The molecule has 5 heteroatoms. The molecule has 0 aliphatic carbocycles. The van der Waals surface area contributed by atoms with Gasteiger partial charge in [-0.05, 0) is 48.6 Å². The van der Waals surface area contributed by atoms with Crippen molar-refractivity contribution in [2.24, 2.45) is 0 Å². The van der Waals surface area contributed by atoms with Gasteiger partial charge < -0.3 is 24.6 Å². The summed E-state index contributed by atoms with van der Waals surface area (Å²) in [4.78, 5) is 2.20. The second-order valence-electron chi connectivity index (χ2n) is 7.28. The Bertz CT molecular complexity index is 769. The fourth-order valence-electron chi connectivity index (χ4n) is 3.88. The monoisotopic (exact) mass is 371 g/mol. The third kappa shape index (κ3) is 4.26. The van der Waals surface area contributed by atoms with Gasteiger partial charge in [-0.2, -0.15) is 0 Å². The van der Waals surface area contributed by atoms with E-state index in [0.717, 1.165) is 29.8 Å². The third-order valence-electron chi connectivity index (χ3n) is 5.55. The lowest BCUT2D eigenvalue weighted by Gasteiger charge is -2.39. The van der Waals surface area contributed by atoms with Crippen LogP contribution in [0.3, 0.4) is 0 Å². The Morgan fingerprint density at radius 2 is 1.70 bits per heavy atom. The van der Waals surface area contributed by atoms with Crippen molar-refractivity contribution in [3.05, 3.63) is 59.2 Å². The van der Waals surface area contributed by atoms with Crippen LogP contribution < -0.4 is 9.47 Å².